The summed E-state index contributed by atoms with van der Waals surface area (Å²) in [7, 11) is 2.16. The molecule has 1 fully saturated rings. The second-order valence-corrected chi connectivity index (χ2v) is 8.21. The number of anilines is 1. The van der Waals surface area contributed by atoms with Crippen molar-refractivity contribution < 1.29 is 4.74 Å². The van der Waals surface area contributed by atoms with Crippen molar-refractivity contribution in [3.8, 4) is 5.75 Å². The van der Waals surface area contributed by atoms with Crippen molar-refractivity contribution in [2.75, 3.05) is 51.2 Å². The van der Waals surface area contributed by atoms with Crippen LogP contribution in [0.3, 0.4) is 0 Å². The maximum Gasteiger partial charge on any atom is 0.191 e. The molecule has 1 atom stereocenters. The highest BCUT2D eigenvalue weighted by Gasteiger charge is 2.15. The first-order valence-electron chi connectivity index (χ1n) is 10.9. The van der Waals surface area contributed by atoms with Gasteiger partial charge in [0.1, 0.15) is 17.7 Å². The monoisotopic (exact) mass is 572 g/mol. The third kappa shape index (κ3) is 8.63. The van der Waals surface area contributed by atoms with E-state index in [4.69, 9.17) is 21.3 Å². The summed E-state index contributed by atoms with van der Waals surface area (Å²) in [5, 5.41) is 7.36. The van der Waals surface area contributed by atoms with Crippen LogP contribution < -0.4 is 20.3 Å². The molecule has 1 saturated heterocycles. The number of benzene rings is 1. The van der Waals surface area contributed by atoms with Crippen molar-refractivity contribution in [1.82, 2.24) is 20.5 Å². The molecular formula is C23H34ClIN6O. The molecule has 1 unspecified atom stereocenters. The Morgan fingerprint density at radius 3 is 2.56 bits per heavy atom. The number of hydrogen-bond donors (Lipinski definition) is 2. The number of nitrogens with zero attached hydrogens (tertiary/aromatic N) is 4. The van der Waals surface area contributed by atoms with E-state index in [0.717, 1.165) is 55.8 Å². The number of halogens is 2. The largest absolute Gasteiger partial charge is 0.489 e. The van der Waals surface area contributed by atoms with Gasteiger partial charge in [-0.25, -0.2) is 9.98 Å². The summed E-state index contributed by atoms with van der Waals surface area (Å²) in [6.45, 7) is 10.2. The normalized spacial score (nSPS) is 15.6. The van der Waals surface area contributed by atoms with Crippen LogP contribution in [-0.4, -0.2) is 68.3 Å². The molecule has 0 spiro atoms. The molecule has 0 aliphatic carbocycles. The Labute approximate surface area is 213 Å². The van der Waals surface area contributed by atoms with Gasteiger partial charge < -0.3 is 25.2 Å². The van der Waals surface area contributed by atoms with Crippen LogP contribution in [-0.2, 0) is 6.54 Å². The van der Waals surface area contributed by atoms with Crippen LogP contribution in [0.2, 0.25) is 5.02 Å². The molecule has 2 heterocycles. The number of pyridine rings is 1. The smallest absolute Gasteiger partial charge is 0.191 e. The maximum atomic E-state index is 5.93. The van der Waals surface area contributed by atoms with Gasteiger partial charge in [-0.15, -0.1) is 24.0 Å². The van der Waals surface area contributed by atoms with Crippen LogP contribution in [0.15, 0.2) is 47.6 Å². The Balaban J connectivity index is 0.00000363. The Morgan fingerprint density at radius 2 is 1.88 bits per heavy atom. The molecule has 176 valence electrons. The van der Waals surface area contributed by atoms with E-state index < -0.39 is 0 Å². The van der Waals surface area contributed by atoms with E-state index in [-0.39, 0.29) is 30.1 Å². The van der Waals surface area contributed by atoms with Gasteiger partial charge >= 0.3 is 0 Å². The van der Waals surface area contributed by atoms with Gasteiger partial charge in [-0.1, -0.05) is 11.6 Å². The first-order valence-corrected chi connectivity index (χ1v) is 11.2. The predicted molar refractivity (Wildman–Crippen MR) is 144 cm³/mol. The number of aliphatic imine (C=N–C) groups is 1. The number of ether oxygens (including phenoxy) is 1. The fourth-order valence-electron chi connectivity index (χ4n) is 3.31. The SMILES string of the molecule is CCNC(=NCc1ccnc(N2CCN(C)CC2)c1)NCC(C)Oc1ccc(Cl)cc1.I. The summed E-state index contributed by atoms with van der Waals surface area (Å²) in [6, 6.07) is 11.6. The van der Waals surface area contributed by atoms with Crippen molar-refractivity contribution in [2.24, 2.45) is 4.99 Å². The highest BCUT2D eigenvalue weighted by atomic mass is 127. The number of aromatic nitrogens is 1. The highest BCUT2D eigenvalue weighted by molar-refractivity contribution is 14.0. The molecule has 0 amide bonds. The van der Waals surface area contributed by atoms with Crippen molar-refractivity contribution in [1.29, 1.82) is 0 Å². The minimum absolute atomic E-state index is 0. The lowest BCUT2D eigenvalue weighted by Crippen LogP contribution is -2.44. The van der Waals surface area contributed by atoms with Crippen molar-refractivity contribution >= 4 is 47.4 Å². The predicted octanol–water partition coefficient (Wildman–Crippen LogP) is 3.63. The minimum Gasteiger partial charge on any atom is -0.489 e. The van der Waals surface area contributed by atoms with E-state index in [2.05, 4.69) is 45.5 Å². The minimum atomic E-state index is -0.0187. The van der Waals surface area contributed by atoms with Gasteiger partial charge in [0.05, 0.1) is 13.1 Å². The molecule has 0 radical (unpaired) electrons. The summed E-state index contributed by atoms with van der Waals surface area (Å²) in [5.41, 5.74) is 1.14. The number of piperazine rings is 1. The van der Waals surface area contributed by atoms with Crippen molar-refractivity contribution in [2.45, 2.75) is 26.5 Å². The molecule has 9 heteroatoms. The average Bonchev–Trinajstić information content (AvgIpc) is 2.78. The number of likely N-dealkylation sites (N-methyl/N-ethyl adjacent to an activating group) is 1. The summed E-state index contributed by atoms with van der Waals surface area (Å²) in [6.07, 6.45) is 1.86. The van der Waals surface area contributed by atoms with Crippen LogP contribution in [0.4, 0.5) is 5.82 Å². The Bertz CT molecular complexity index is 843. The molecule has 2 aromatic rings. The fraction of sp³-hybridized carbons (Fsp3) is 0.478. The van der Waals surface area contributed by atoms with Gasteiger partial charge in [-0.05, 0) is 62.9 Å². The fourth-order valence-corrected chi connectivity index (χ4v) is 3.43. The number of guanidine groups is 1. The van der Waals surface area contributed by atoms with E-state index in [0.29, 0.717) is 18.1 Å². The van der Waals surface area contributed by atoms with Crippen LogP contribution in [0, 0.1) is 0 Å². The second-order valence-electron chi connectivity index (χ2n) is 7.77. The first kappa shape index (κ1) is 26.5. The van der Waals surface area contributed by atoms with Crippen LogP contribution in [0.1, 0.15) is 19.4 Å². The van der Waals surface area contributed by atoms with Gasteiger partial charge in [0, 0.05) is 43.9 Å². The van der Waals surface area contributed by atoms with E-state index in [9.17, 15) is 0 Å². The molecule has 1 aliphatic rings. The molecule has 2 N–H and O–H groups in total. The average molecular weight is 573 g/mol. The quantitative estimate of drug-likeness (QED) is 0.286. The molecule has 1 aromatic heterocycles. The summed E-state index contributed by atoms with van der Waals surface area (Å²) in [4.78, 5) is 14.0. The summed E-state index contributed by atoms with van der Waals surface area (Å²) < 4.78 is 5.93. The third-order valence-electron chi connectivity index (χ3n) is 5.11. The van der Waals surface area contributed by atoms with Gasteiger partial charge in [0.15, 0.2) is 5.96 Å². The lowest BCUT2D eigenvalue weighted by Gasteiger charge is -2.33. The molecule has 1 aliphatic heterocycles. The molecule has 7 nitrogen and oxygen atoms in total. The topological polar surface area (TPSA) is 65.0 Å². The van der Waals surface area contributed by atoms with Crippen LogP contribution in [0.25, 0.3) is 0 Å². The van der Waals surface area contributed by atoms with Crippen LogP contribution in [0.5, 0.6) is 5.75 Å². The zero-order valence-corrected chi connectivity index (χ0v) is 22.1. The molecular weight excluding hydrogens is 539 g/mol. The molecule has 32 heavy (non-hydrogen) atoms. The van der Waals surface area contributed by atoms with E-state index in [1.165, 1.54) is 0 Å². The zero-order valence-electron chi connectivity index (χ0n) is 19.1. The summed E-state index contributed by atoms with van der Waals surface area (Å²) in [5.74, 6) is 2.60. The maximum absolute atomic E-state index is 5.93. The molecule has 1 aromatic carbocycles. The summed E-state index contributed by atoms with van der Waals surface area (Å²) >= 11 is 5.93. The Morgan fingerprint density at radius 1 is 1.16 bits per heavy atom. The van der Waals surface area contributed by atoms with E-state index >= 15 is 0 Å². The van der Waals surface area contributed by atoms with Crippen LogP contribution >= 0.6 is 35.6 Å². The lowest BCUT2D eigenvalue weighted by molar-refractivity contribution is 0.224. The van der Waals surface area contributed by atoms with E-state index in [1.807, 2.05) is 43.5 Å². The molecule has 3 rings (SSSR count). The lowest BCUT2D eigenvalue weighted by atomic mass is 10.2. The number of rotatable bonds is 8. The zero-order chi connectivity index (χ0) is 22.1. The number of hydrogen-bond acceptors (Lipinski definition) is 5. The van der Waals surface area contributed by atoms with Gasteiger partial charge in [-0.2, -0.15) is 0 Å². The standard InChI is InChI=1S/C23H33ClN6O.HI/c1-4-25-23(27-16-18(2)31-21-7-5-20(24)6-8-21)28-17-19-9-10-26-22(15-19)30-13-11-29(3)12-14-30;/h5-10,15,18H,4,11-14,16-17H2,1-3H3,(H2,25,27,28);1H. The second kappa shape index (κ2) is 13.7. The van der Waals surface area contributed by atoms with Crippen molar-refractivity contribution in [3.05, 3.63) is 53.2 Å². The van der Waals surface area contributed by atoms with E-state index in [1.54, 1.807) is 0 Å². The van der Waals surface area contributed by atoms with Gasteiger partial charge in [0.2, 0.25) is 0 Å². The Hall–Kier alpha value is -1.78. The Kier molecular flexibility index (Phi) is 11.3. The molecule has 0 saturated carbocycles. The van der Waals surface area contributed by atoms with Gasteiger partial charge in [0.25, 0.3) is 0 Å². The molecule has 0 bridgehead atoms. The van der Waals surface area contributed by atoms with Crippen molar-refractivity contribution in [3.63, 3.8) is 0 Å². The number of nitrogens with one attached hydrogen (secondary N) is 2. The third-order valence-corrected chi connectivity index (χ3v) is 5.36. The first-order chi connectivity index (χ1) is 15.0. The highest BCUT2D eigenvalue weighted by Crippen LogP contribution is 2.17. The van der Waals surface area contributed by atoms with Gasteiger partial charge in [-0.3, -0.25) is 0 Å².